The Balaban J connectivity index is 0.00000129. The molecule has 0 aliphatic heterocycles. The first-order valence-electron chi connectivity index (χ1n) is 11.1. The molecule has 2 nitrogen and oxygen atoms in total. The first kappa shape index (κ1) is 29.7. The zero-order valence-corrected chi connectivity index (χ0v) is 27.4. The molecule has 3 rings (SSSR count). The zero-order valence-electron chi connectivity index (χ0n) is 21.2. The summed E-state index contributed by atoms with van der Waals surface area (Å²) in [6, 6.07) is 21.2. The molecule has 2 aromatic carbocycles. The maximum absolute atomic E-state index is 4.99. The number of thiophene rings is 1. The predicted octanol–water partition coefficient (Wildman–Crippen LogP) is 10.4. The van der Waals surface area contributed by atoms with E-state index in [4.69, 9.17) is 9.98 Å². The number of hydrogen-bond acceptors (Lipinski definition) is 3. The van der Waals surface area contributed by atoms with Crippen molar-refractivity contribution in [3.05, 3.63) is 81.5 Å². The summed E-state index contributed by atoms with van der Waals surface area (Å²) in [4.78, 5) is 12.3. The third-order valence-electron chi connectivity index (χ3n) is 5.32. The number of hydrogen-bond donors (Lipinski definition) is 0. The van der Waals surface area contributed by atoms with Crippen LogP contribution in [0.1, 0.15) is 76.3 Å². The average molecular weight is 740 g/mol. The van der Waals surface area contributed by atoms with E-state index in [1.54, 1.807) is 11.3 Å². The van der Waals surface area contributed by atoms with E-state index in [2.05, 4.69) is 157 Å². The average Bonchev–Trinajstić information content (AvgIpc) is 3.24. The van der Waals surface area contributed by atoms with Gasteiger partial charge in [0.05, 0.1) is 22.8 Å². The Labute approximate surface area is 238 Å². The van der Waals surface area contributed by atoms with Crippen molar-refractivity contribution >= 4 is 74.8 Å². The van der Waals surface area contributed by atoms with Crippen molar-refractivity contribution in [1.29, 1.82) is 0 Å². The Kier molecular flexibility index (Phi) is 11.5. The molecule has 0 saturated carbocycles. The number of nitrogens with zero attached hydrogens (tertiary/aromatic N) is 2. The van der Waals surface area contributed by atoms with Gasteiger partial charge in [-0.3, -0.25) is 9.98 Å². The van der Waals surface area contributed by atoms with Crippen LogP contribution in [-0.2, 0) is 19.3 Å². The van der Waals surface area contributed by atoms with Crippen molar-refractivity contribution in [3.8, 4) is 0 Å². The monoisotopic (exact) mass is 740 g/mol. The molecule has 0 N–H and O–H groups in total. The summed E-state index contributed by atoms with van der Waals surface area (Å²) in [5, 5.41) is 0. The summed E-state index contributed by atoms with van der Waals surface area (Å²) in [6.45, 7) is 17.6. The number of aliphatic imine (C=N–C) groups is 2. The Morgan fingerprint density at radius 3 is 1.29 bits per heavy atom. The molecule has 0 amide bonds. The normalized spacial score (nSPS) is 13.0. The van der Waals surface area contributed by atoms with Crippen LogP contribution >= 0.6 is 52.0 Å². The van der Waals surface area contributed by atoms with Gasteiger partial charge in [-0.25, -0.2) is 0 Å². The molecule has 0 bridgehead atoms. The van der Waals surface area contributed by atoms with Gasteiger partial charge in [0.1, 0.15) is 0 Å². The molecule has 0 fully saturated rings. The zero-order chi connectivity index (χ0) is 25.5. The van der Waals surface area contributed by atoms with E-state index in [0.29, 0.717) is 0 Å². The Bertz CT molecular complexity index is 1060. The summed E-state index contributed by atoms with van der Waals surface area (Å²) in [5.74, 6) is 0. The fraction of sp³-hybridized carbons (Fsp3) is 0.357. The van der Waals surface area contributed by atoms with Crippen LogP contribution in [0.25, 0.3) is 0 Å². The summed E-state index contributed by atoms with van der Waals surface area (Å²) >= 11 is 6.30. The molecule has 0 radical (unpaired) electrons. The quantitative estimate of drug-likeness (QED) is 0.145. The predicted molar refractivity (Wildman–Crippen MR) is 166 cm³/mol. The molecule has 0 spiro atoms. The summed E-state index contributed by atoms with van der Waals surface area (Å²) in [5.41, 5.74) is 6.82. The molecule has 184 valence electrons. The van der Waals surface area contributed by atoms with Crippen molar-refractivity contribution in [2.75, 3.05) is 0 Å². The fourth-order valence-electron chi connectivity index (χ4n) is 3.61. The first-order valence-corrected chi connectivity index (χ1v) is 19.1. The second kappa shape index (κ2) is 13.1. The number of benzene rings is 2. The molecular weight excluding hydrogens is 706 g/mol. The van der Waals surface area contributed by atoms with E-state index in [1.807, 2.05) is 0 Å². The molecule has 3 aromatic rings. The van der Waals surface area contributed by atoms with Gasteiger partial charge < -0.3 is 0 Å². The van der Waals surface area contributed by atoms with E-state index in [0.717, 1.165) is 22.8 Å². The molecule has 1 aromatic heterocycles. The van der Waals surface area contributed by atoms with Gasteiger partial charge in [0.2, 0.25) is 0 Å². The van der Waals surface area contributed by atoms with Gasteiger partial charge >= 0.3 is 49.1 Å². The molecule has 0 unspecified atom stereocenters. The third kappa shape index (κ3) is 8.54. The summed E-state index contributed by atoms with van der Waals surface area (Å²) in [7, 11) is 1.19. The van der Waals surface area contributed by atoms with Crippen molar-refractivity contribution in [3.63, 3.8) is 0 Å². The Morgan fingerprint density at radius 2 is 0.971 bits per heavy atom. The molecule has 0 atom stereocenters. The van der Waals surface area contributed by atoms with Crippen LogP contribution < -0.4 is 0 Å². The van der Waals surface area contributed by atoms with Crippen LogP contribution in [-0.4, -0.2) is 11.4 Å². The second-order valence-corrected chi connectivity index (χ2v) is 20.5. The molecule has 6 heteroatoms. The SMILES string of the molecule is CC(=Nc1ccccc1C(C)(C)C)c1ccc(C(C)=Nc2ccccc2C(C)(C)C)s1.[I][Fe][I]. The van der Waals surface area contributed by atoms with Crippen molar-refractivity contribution in [1.82, 2.24) is 0 Å². The fourth-order valence-corrected chi connectivity index (χ4v) is 4.50. The van der Waals surface area contributed by atoms with Crippen LogP contribution in [0.4, 0.5) is 11.4 Å². The third-order valence-corrected chi connectivity index (χ3v) is 6.62. The van der Waals surface area contributed by atoms with Crippen molar-refractivity contribution < 1.29 is 8.46 Å². The van der Waals surface area contributed by atoms with Crippen LogP contribution in [0, 0.1) is 0 Å². The van der Waals surface area contributed by atoms with E-state index in [1.165, 1.54) is 29.3 Å². The van der Waals surface area contributed by atoms with Gasteiger partial charge in [0.15, 0.2) is 0 Å². The second-order valence-electron chi connectivity index (χ2n) is 10.1. The van der Waals surface area contributed by atoms with Gasteiger partial charge in [-0.2, -0.15) is 0 Å². The van der Waals surface area contributed by atoms with Gasteiger partial charge in [-0.1, -0.05) is 77.9 Å². The van der Waals surface area contributed by atoms with Crippen LogP contribution in [0.15, 0.2) is 70.6 Å². The number of halogens is 2. The maximum atomic E-state index is 4.99. The molecule has 1 heterocycles. The van der Waals surface area contributed by atoms with Gasteiger partial charge in [0, 0.05) is 9.75 Å². The van der Waals surface area contributed by atoms with Gasteiger partial charge in [-0.05, 0) is 60.1 Å². The van der Waals surface area contributed by atoms with Gasteiger partial charge in [0.25, 0.3) is 0 Å². The minimum absolute atomic E-state index is 0.0602. The van der Waals surface area contributed by atoms with E-state index in [-0.39, 0.29) is 10.8 Å². The minimum atomic E-state index is 0.0602. The molecule has 34 heavy (non-hydrogen) atoms. The standard InChI is InChI=1S/C28H34N2S.Fe.2HI/c1-19(29-23-15-11-9-13-21(23)27(3,4)5)25-17-18-26(31-25)20(2)30-24-16-12-10-14-22(24)28(6,7)8;;;/h9-18H,1-8H3;;2*1H/q;+2;;/p-2. The Morgan fingerprint density at radius 1 is 0.647 bits per heavy atom. The molecule has 0 aliphatic rings. The van der Waals surface area contributed by atoms with Crippen LogP contribution in [0.2, 0.25) is 0 Å². The Hall–Kier alpha value is -0.541. The number of para-hydroxylation sites is 2. The van der Waals surface area contributed by atoms with Crippen molar-refractivity contribution in [2.45, 2.75) is 66.2 Å². The van der Waals surface area contributed by atoms with Gasteiger partial charge in [-0.15, -0.1) is 11.3 Å². The van der Waals surface area contributed by atoms with E-state index < -0.39 is 0 Å². The topological polar surface area (TPSA) is 24.7 Å². The van der Waals surface area contributed by atoms with Crippen LogP contribution in [0.5, 0.6) is 0 Å². The summed E-state index contributed by atoms with van der Waals surface area (Å²) in [6.07, 6.45) is 0. The van der Waals surface area contributed by atoms with Crippen molar-refractivity contribution in [2.24, 2.45) is 9.98 Å². The molecule has 0 aliphatic carbocycles. The van der Waals surface area contributed by atoms with Crippen LogP contribution in [0.3, 0.4) is 0 Å². The van der Waals surface area contributed by atoms with E-state index in [9.17, 15) is 0 Å². The number of rotatable bonds is 4. The first-order chi connectivity index (χ1) is 15.9. The summed E-state index contributed by atoms with van der Waals surface area (Å²) < 4.78 is 0. The molecule has 0 saturated heterocycles. The van der Waals surface area contributed by atoms with E-state index >= 15 is 0 Å². The molecular formula is C28H34FeI2N2S.